The largest absolute Gasteiger partial charge is 0.309 e. The highest BCUT2D eigenvalue weighted by Gasteiger charge is 2.28. The van der Waals surface area contributed by atoms with Crippen LogP contribution in [0, 0.1) is 11.8 Å². The fourth-order valence-electron chi connectivity index (χ4n) is 9.18. The molecule has 0 radical (unpaired) electrons. The lowest BCUT2D eigenvalue weighted by atomic mass is 9.74. The zero-order chi connectivity index (χ0) is 34.9. The Hall–Kier alpha value is -6.70. The predicted octanol–water partition coefficient (Wildman–Crippen LogP) is 13.9. The van der Waals surface area contributed by atoms with Gasteiger partial charge in [-0.2, -0.15) is 0 Å². The number of rotatable bonds is 4. The fourth-order valence-corrected chi connectivity index (χ4v) is 9.18. The summed E-state index contributed by atoms with van der Waals surface area (Å²) in [5, 5.41) is 10.2. The molecule has 0 spiro atoms. The van der Waals surface area contributed by atoms with E-state index in [0.717, 1.165) is 0 Å². The van der Waals surface area contributed by atoms with Crippen molar-refractivity contribution in [3.63, 3.8) is 0 Å². The Labute approximate surface area is 308 Å². The second-order valence-electron chi connectivity index (χ2n) is 14.4. The third-order valence-electron chi connectivity index (χ3n) is 11.5. The summed E-state index contributed by atoms with van der Waals surface area (Å²) < 4.78 is 2.41. The Morgan fingerprint density at radius 3 is 1.89 bits per heavy atom. The molecule has 2 aliphatic carbocycles. The molecule has 1 aromatic heterocycles. The van der Waals surface area contributed by atoms with Gasteiger partial charge in [0.2, 0.25) is 0 Å². The molecule has 2 unspecified atom stereocenters. The van der Waals surface area contributed by atoms with E-state index in [9.17, 15) is 0 Å². The highest BCUT2D eigenvalue weighted by atomic mass is 15.0. The number of para-hydroxylation sites is 2. The highest BCUT2D eigenvalue weighted by molar-refractivity contribution is 6.22. The van der Waals surface area contributed by atoms with E-state index < -0.39 is 0 Å². The van der Waals surface area contributed by atoms with E-state index in [4.69, 9.17) is 0 Å². The normalized spacial score (nSPS) is 16.6. The second-order valence-corrected chi connectivity index (χ2v) is 14.4. The highest BCUT2D eigenvalue weighted by Crippen LogP contribution is 2.48. The van der Waals surface area contributed by atoms with Gasteiger partial charge in [0.05, 0.1) is 11.0 Å². The van der Waals surface area contributed by atoms with Crippen molar-refractivity contribution in [2.45, 2.75) is 0 Å². The zero-order valence-electron chi connectivity index (χ0n) is 29.2. The van der Waals surface area contributed by atoms with Crippen molar-refractivity contribution < 1.29 is 0 Å². The van der Waals surface area contributed by atoms with Gasteiger partial charge in [0.15, 0.2) is 0 Å². The minimum atomic E-state index is 0.294. The molecule has 11 rings (SSSR count). The van der Waals surface area contributed by atoms with Crippen molar-refractivity contribution >= 4 is 59.7 Å². The van der Waals surface area contributed by atoms with Crippen LogP contribution in [0.2, 0.25) is 0 Å². The Morgan fingerprint density at radius 2 is 1.02 bits per heavy atom. The second kappa shape index (κ2) is 11.9. The van der Waals surface area contributed by atoms with Crippen LogP contribution >= 0.6 is 0 Å². The third-order valence-corrected chi connectivity index (χ3v) is 11.5. The van der Waals surface area contributed by atoms with Crippen LogP contribution in [0.4, 0.5) is 0 Å². The lowest BCUT2D eigenvalue weighted by Gasteiger charge is -2.29. The maximum absolute atomic E-state index is 2.46. The lowest BCUT2D eigenvalue weighted by Crippen LogP contribution is -2.15. The van der Waals surface area contributed by atoms with Crippen LogP contribution in [0.25, 0.3) is 87.6 Å². The van der Waals surface area contributed by atoms with Gasteiger partial charge in [-0.3, -0.25) is 0 Å². The minimum Gasteiger partial charge on any atom is -0.309 e. The summed E-state index contributed by atoms with van der Waals surface area (Å²) in [5.41, 5.74) is 11.3. The summed E-state index contributed by atoms with van der Waals surface area (Å²) in [7, 11) is 0. The van der Waals surface area contributed by atoms with Gasteiger partial charge >= 0.3 is 0 Å². The van der Waals surface area contributed by atoms with Gasteiger partial charge < -0.3 is 4.57 Å². The molecule has 0 fully saturated rings. The van der Waals surface area contributed by atoms with E-state index in [0.29, 0.717) is 11.8 Å². The van der Waals surface area contributed by atoms with E-state index >= 15 is 0 Å². The molecule has 0 saturated heterocycles. The molecule has 0 bridgehead atoms. The molecule has 0 saturated carbocycles. The first-order valence-corrected chi connectivity index (χ1v) is 18.6. The van der Waals surface area contributed by atoms with Gasteiger partial charge in [0, 0.05) is 28.3 Å². The predicted molar refractivity (Wildman–Crippen MR) is 227 cm³/mol. The Balaban J connectivity index is 1.23. The number of fused-ring (bicyclic) bond motifs is 7. The maximum Gasteiger partial charge on any atom is 0.0547 e. The van der Waals surface area contributed by atoms with Gasteiger partial charge in [-0.25, -0.2) is 0 Å². The Morgan fingerprint density at radius 1 is 0.396 bits per heavy atom. The average molecular weight is 674 g/mol. The first-order valence-electron chi connectivity index (χ1n) is 18.6. The average Bonchev–Trinajstić information content (AvgIpc) is 3.56. The van der Waals surface area contributed by atoms with Crippen molar-refractivity contribution in [1.29, 1.82) is 0 Å². The smallest absolute Gasteiger partial charge is 0.0547 e. The molecular weight excluding hydrogens is 639 g/mol. The minimum absolute atomic E-state index is 0.294. The van der Waals surface area contributed by atoms with Crippen LogP contribution in [0.15, 0.2) is 200 Å². The fraction of sp³-hybridized carbons (Fsp3) is 0.0385. The summed E-state index contributed by atoms with van der Waals surface area (Å²) in [5.74, 6) is 0.649. The molecule has 0 N–H and O–H groups in total. The summed E-state index contributed by atoms with van der Waals surface area (Å²) in [6.07, 6.45) is 16.1. The first-order chi connectivity index (χ1) is 26.3. The molecule has 2 atom stereocenters. The maximum atomic E-state index is 2.46. The number of nitrogens with zero attached hydrogens (tertiary/aromatic N) is 1. The van der Waals surface area contributed by atoms with E-state index in [1.54, 1.807) is 0 Å². The molecule has 9 aromatic rings. The van der Waals surface area contributed by atoms with Gasteiger partial charge in [0.1, 0.15) is 0 Å². The van der Waals surface area contributed by atoms with Crippen LogP contribution in [-0.2, 0) is 0 Å². The van der Waals surface area contributed by atoms with E-state index in [2.05, 4.69) is 205 Å². The number of benzene rings is 8. The number of aromatic nitrogens is 1. The number of hydrogen-bond donors (Lipinski definition) is 0. The summed E-state index contributed by atoms with van der Waals surface area (Å²) >= 11 is 0. The van der Waals surface area contributed by atoms with Gasteiger partial charge in [-0.05, 0) is 96.0 Å². The third kappa shape index (κ3) is 4.64. The molecule has 0 aliphatic heterocycles. The molecule has 1 heteroatoms. The number of hydrogen-bond acceptors (Lipinski definition) is 0. The molecular formula is C52H35N. The zero-order valence-corrected chi connectivity index (χ0v) is 29.2. The van der Waals surface area contributed by atoms with Gasteiger partial charge in [-0.1, -0.05) is 170 Å². The molecule has 2 aliphatic rings. The summed E-state index contributed by atoms with van der Waals surface area (Å²) in [6, 6.07) is 58.4. The van der Waals surface area contributed by atoms with Gasteiger partial charge in [0.25, 0.3) is 0 Å². The Kier molecular flexibility index (Phi) is 6.75. The molecule has 1 nitrogen and oxygen atoms in total. The van der Waals surface area contributed by atoms with E-state index in [1.165, 1.54) is 93.2 Å². The van der Waals surface area contributed by atoms with Crippen LogP contribution < -0.4 is 0 Å². The SMILES string of the molecule is C1=CC2C=CC=C(c3c4ccccc4c(-c4cccc5ccccc45)c4cc(-c5ccc6c7ccccc7n(-c7ccccc7)c6c5)ccc34)C2C=C1. The summed E-state index contributed by atoms with van der Waals surface area (Å²) in [6.45, 7) is 0. The molecule has 53 heavy (non-hydrogen) atoms. The monoisotopic (exact) mass is 673 g/mol. The van der Waals surface area contributed by atoms with E-state index in [-0.39, 0.29) is 0 Å². The van der Waals surface area contributed by atoms with Crippen LogP contribution in [0.3, 0.4) is 0 Å². The molecule has 1 heterocycles. The molecule has 8 aromatic carbocycles. The van der Waals surface area contributed by atoms with Crippen molar-refractivity contribution in [2.24, 2.45) is 11.8 Å². The summed E-state index contributed by atoms with van der Waals surface area (Å²) in [4.78, 5) is 0. The van der Waals surface area contributed by atoms with Crippen molar-refractivity contribution in [3.05, 3.63) is 206 Å². The lowest BCUT2D eigenvalue weighted by molar-refractivity contribution is 0.679. The van der Waals surface area contributed by atoms with Crippen LogP contribution in [0.1, 0.15) is 5.56 Å². The van der Waals surface area contributed by atoms with E-state index in [1.807, 2.05) is 0 Å². The molecule has 248 valence electrons. The van der Waals surface area contributed by atoms with Crippen LogP contribution in [0.5, 0.6) is 0 Å². The topological polar surface area (TPSA) is 4.93 Å². The number of allylic oxidation sites excluding steroid dienone is 8. The molecule has 0 amide bonds. The van der Waals surface area contributed by atoms with Crippen molar-refractivity contribution in [1.82, 2.24) is 4.57 Å². The first kappa shape index (κ1) is 30.0. The van der Waals surface area contributed by atoms with Gasteiger partial charge in [-0.15, -0.1) is 0 Å². The quantitative estimate of drug-likeness (QED) is 0.164. The Bertz CT molecular complexity index is 3050. The van der Waals surface area contributed by atoms with Crippen molar-refractivity contribution in [2.75, 3.05) is 0 Å². The van der Waals surface area contributed by atoms with Crippen molar-refractivity contribution in [3.8, 4) is 27.9 Å². The standard InChI is InChI=1S/C52H35N/c1-2-18-38(19-3-1)53-49-27-11-10-22-41(49)42-30-28-37(33-50(42)53)36-29-31-47-48(32-36)52(44-26-13-17-35-15-5-7-21-40(35)44)46-24-9-8-23-45(46)51(47)43-25-12-16-34-14-4-6-20-39(34)43/h1-34,39H. The van der Waals surface area contributed by atoms with Crippen LogP contribution in [-0.4, -0.2) is 4.57 Å².